The van der Waals surface area contributed by atoms with Gasteiger partial charge in [0.25, 0.3) is 0 Å². The van der Waals surface area contributed by atoms with Gasteiger partial charge in [0.2, 0.25) is 0 Å². The quantitative estimate of drug-likeness (QED) is 0.470. The molecule has 5 rings (SSSR count). The van der Waals surface area contributed by atoms with E-state index in [1.807, 2.05) is 30.5 Å². The Morgan fingerprint density at radius 2 is 1.71 bits per heavy atom. The second-order valence-corrected chi connectivity index (χ2v) is 10.6. The Bertz CT molecular complexity index is 1280. The summed E-state index contributed by atoms with van der Waals surface area (Å²) >= 11 is 6.35. The van der Waals surface area contributed by atoms with Gasteiger partial charge >= 0.3 is 5.97 Å². The maximum absolute atomic E-state index is 11.6. The van der Waals surface area contributed by atoms with Crippen molar-refractivity contribution in [1.82, 2.24) is 9.88 Å². The largest absolute Gasteiger partial charge is 0.481 e. The Hall–Kier alpha value is -2.95. The fourth-order valence-electron chi connectivity index (χ4n) is 5.27. The third-order valence-electron chi connectivity index (χ3n) is 7.56. The second-order valence-electron chi connectivity index (χ2n) is 10.2. The van der Waals surface area contributed by atoms with Gasteiger partial charge in [-0.1, -0.05) is 53.6 Å². The van der Waals surface area contributed by atoms with Crippen LogP contribution < -0.4 is 0 Å². The third kappa shape index (κ3) is 4.78. The first-order valence-corrected chi connectivity index (χ1v) is 12.7. The van der Waals surface area contributed by atoms with Crippen molar-refractivity contribution in [1.29, 1.82) is 0 Å². The van der Waals surface area contributed by atoms with Gasteiger partial charge in [0, 0.05) is 36.4 Å². The fraction of sp³-hybridized carbons (Fsp3) is 0.333. The summed E-state index contributed by atoms with van der Waals surface area (Å²) in [6.07, 6.45) is 5.89. The summed E-state index contributed by atoms with van der Waals surface area (Å²) in [5, 5.41) is 10.3. The molecule has 0 amide bonds. The molecule has 1 N–H and O–H groups in total. The monoisotopic (exact) mass is 486 g/mol. The van der Waals surface area contributed by atoms with Gasteiger partial charge in [0.1, 0.15) is 0 Å². The van der Waals surface area contributed by atoms with Crippen LogP contribution in [-0.4, -0.2) is 34.0 Å². The topological polar surface area (TPSA) is 53.4 Å². The third-order valence-corrected chi connectivity index (χ3v) is 7.79. The number of carboxylic acid groups (broad SMARTS) is 1. The molecule has 5 heteroatoms. The highest BCUT2D eigenvalue weighted by Gasteiger charge is 2.29. The van der Waals surface area contributed by atoms with E-state index < -0.39 is 11.4 Å². The number of pyridine rings is 1. The second kappa shape index (κ2) is 9.60. The molecule has 1 saturated heterocycles. The molecule has 0 radical (unpaired) electrons. The maximum atomic E-state index is 11.6. The van der Waals surface area contributed by atoms with Gasteiger partial charge in [-0.05, 0) is 85.5 Å². The van der Waals surface area contributed by atoms with Crippen LogP contribution in [0.5, 0.6) is 0 Å². The van der Waals surface area contributed by atoms with Gasteiger partial charge < -0.3 is 5.11 Å². The lowest BCUT2D eigenvalue weighted by Gasteiger charge is -2.30. The highest BCUT2D eigenvalue weighted by atomic mass is 35.5. The van der Waals surface area contributed by atoms with Crippen LogP contribution in [0.2, 0.25) is 5.02 Å². The van der Waals surface area contributed by atoms with E-state index in [-0.39, 0.29) is 0 Å². The normalized spacial score (nSPS) is 16.4. The van der Waals surface area contributed by atoms with E-state index in [9.17, 15) is 9.90 Å². The molecule has 1 aliphatic carbocycles. The lowest BCUT2D eigenvalue weighted by Crippen LogP contribution is -2.31. The Balaban J connectivity index is 1.37. The lowest BCUT2D eigenvalue weighted by atomic mass is 9.84. The van der Waals surface area contributed by atoms with E-state index in [0.717, 1.165) is 61.6 Å². The van der Waals surface area contributed by atoms with E-state index in [1.165, 1.54) is 33.4 Å². The molecule has 3 aromatic rings. The lowest BCUT2D eigenvalue weighted by molar-refractivity contribution is -0.142. The molecule has 0 saturated carbocycles. The highest BCUT2D eigenvalue weighted by Crippen LogP contribution is 2.38. The number of hydrogen-bond donors (Lipinski definition) is 1. The van der Waals surface area contributed by atoms with Gasteiger partial charge in [0.15, 0.2) is 0 Å². The minimum absolute atomic E-state index is 0.791. The van der Waals surface area contributed by atoms with Crippen LogP contribution in [0.15, 0.2) is 66.4 Å². The van der Waals surface area contributed by atoms with E-state index in [4.69, 9.17) is 16.6 Å². The predicted molar refractivity (Wildman–Crippen MR) is 141 cm³/mol. The number of rotatable bonds is 4. The van der Waals surface area contributed by atoms with Crippen LogP contribution in [0.1, 0.15) is 60.2 Å². The van der Waals surface area contributed by atoms with Crippen LogP contribution in [0.25, 0.3) is 5.57 Å². The first kappa shape index (κ1) is 23.8. The molecule has 1 aromatic heterocycles. The Morgan fingerprint density at radius 3 is 2.43 bits per heavy atom. The highest BCUT2D eigenvalue weighted by molar-refractivity contribution is 6.30. The molecule has 1 aliphatic heterocycles. The van der Waals surface area contributed by atoms with Crippen molar-refractivity contribution in [3.05, 3.63) is 105 Å². The van der Waals surface area contributed by atoms with Gasteiger partial charge in [0.05, 0.1) is 11.1 Å². The van der Waals surface area contributed by atoms with Crippen LogP contribution in [-0.2, 0) is 29.6 Å². The number of aliphatic carboxylic acids is 1. The van der Waals surface area contributed by atoms with Crippen molar-refractivity contribution in [3.8, 4) is 0 Å². The van der Waals surface area contributed by atoms with Crippen LogP contribution in [0.4, 0.5) is 0 Å². The number of fused-ring (bicyclic) bond motifs is 2. The number of piperidine rings is 1. The summed E-state index contributed by atoms with van der Waals surface area (Å²) in [5.74, 6) is -0.805. The van der Waals surface area contributed by atoms with Gasteiger partial charge in [-0.2, -0.15) is 0 Å². The van der Waals surface area contributed by atoms with E-state index in [0.29, 0.717) is 0 Å². The first-order chi connectivity index (χ1) is 16.8. The number of aromatic nitrogens is 1. The zero-order valence-electron chi connectivity index (χ0n) is 20.4. The number of carbonyl (C=O) groups is 1. The number of halogens is 1. The number of benzene rings is 2. The smallest absolute Gasteiger partial charge is 0.313 e. The van der Waals surface area contributed by atoms with Crippen LogP contribution in [0, 0.1) is 0 Å². The average Bonchev–Trinajstić information content (AvgIpc) is 3.01. The molecule has 2 aliphatic rings. The summed E-state index contributed by atoms with van der Waals surface area (Å²) < 4.78 is 0. The van der Waals surface area contributed by atoms with E-state index in [1.54, 1.807) is 13.8 Å². The molecule has 0 bridgehead atoms. The summed E-state index contributed by atoms with van der Waals surface area (Å²) in [4.78, 5) is 18.9. The van der Waals surface area contributed by atoms with Crippen molar-refractivity contribution in [2.24, 2.45) is 0 Å². The zero-order chi connectivity index (χ0) is 24.6. The molecular formula is C30H31ClN2O2. The van der Waals surface area contributed by atoms with Crippen LogP contribution >= 0.6 is 11.6 Å². The number of likely N-dealkylation sites (tertiary alicyclic amines) is 1. The summed E-state index contributed by atoms with van der Waals surface area (Å²) in [6.45, 7) is 6.35. The van der Waals surface area contributed by atoms with Crippen molar-refractivity contribution >= 4 is 23.1 Å². The average molecular weight is 487 g/mol. The van der Waals surface area contributed by atoms with Crippen molar-refractivity contribution in [2.75, 3.05) is 13.1 Å². The first-order valence-electron chi connectivity index (χ1n) is 12.3. The zero-order valence-corrected chi connectivity index (χ0v) is 21.1. The molecule has 2 aromatic carbocycles. The molecular weight excluding hydrogens is 456 g/mol. The number of carboxylic acids is 1. The van der Waals surface area contributed by atoms with Crippen LogP contribution in [0.3, 0.4) is 0 Å². The van der Waals surface area contributed by atoms with Crippen molar-refractivity contribution in [3.63, 3.8) is 0 Å². The van der Waals surface area contributed by atoms with E-state index >= 15 is 0 Å². The Labute approximate surface area is 212 Å². The minimum atomic E-state index is -0.881. The number of hydrogen-bond acceptors (Lipinski definition) is 3. The number of aryl methyl sites for hydroxylation is 2. The molecule has 4 nitrogen and oxygen atoms in total. The molecule has 0 atom stereocenters. The van der Waals surface area contributed by atoms with Gasteiger partial charge in [-0.15, -0.1) is 0 Å². The summed E-state index contributed by atoms with van der Waals surface area (Å²) in [6, 6.07) is 18.6. The number of nitrogens with zero attached hydrogens (tertiary/aromatic N) is 2. The molecule has 35 heavy (non-hydrogen) atoms. The van der Waals surface area contributed by atoms with Gasteiger partial charge in [-0.25, -0.2) is 0 Å². The maximum Gasteiger partial charge on any atom is 0.313 e. The van der Waals surface area contributed by atoms with Crippen molar-refractivity contribution < 1.29 is 9.90 Å². The van der Waals surface area contributed by atoms with E-state index in [2.05, 4.69) is 35.2 Å². The van der Waals surface area contributed by atoms with Crippen molar-refractivity contribution in [2.45, 2.75) is 51.5 Å². The van der Waals surface area contributed by atoms with Gasteiger partial charge in [-0.3, -0.25) is 14.7 Å². The molecule has 0 spiro atoms. The fourth-order valence-corrected chi connectivity index (χ4v) is 5.47. The summed E-state index contributed by atoms with van der Waals surface area (Å²) in [5.41, 5.74) is 8.99. The molecule has 180 valence electrons. The molecule has 1 fully saturated rings. The SMILES string of the molecule is CC(C)(C(=O)O)c1ccc(CN2CCC(=C3c4ccc(Cl)cc4CCc4cccnc43)CC2)cc1. The Morgan fingerprint density at radius 1 is 1.00 bits per heavy atom. The summed E-state index contributed by atoms with van der Waals surface area (Å²) in [7, 11) is 0. The minimum Gasteiger partial charge on any atom is -0.481 e. The predicted octanol–water partition coefficient (Wildman–Crippen LogP) is 6.29. The standard InChI is InChI=1S/C30H31ClN2O2/c1-30(2,29(34)35)24-9-5-20(6-10-24)19-33-16-13-21(14-17-33)27-26-12-11-25(31)18-23(26)8-7-22-4-3-15-32-28(22)27/h3-6,9-12,15,18H,7-8,13-14,16-17,19H2,1-2H3,(H,34,35). The molecule has 2 heterocycles. The molecule has 0 unspecified atom stereocenters. The Kier molecular flexibility index (Phi) is 6.52.